The number of ether oxygens (including phenoxy) is 2. The van der Waals surface area contributed by atoms with E-state index in [1.807, 2.05) is 31.3 Å². The first kappa shape index (κ1) is 17.7. The minimum atomic E-state index is -1.66. The van der Waals surface area contributed by atoms with Crippen LogP contribution in [0, 0.1) is 0 Å². The molecule has 148 valence electrons. The van der Waals surface area contributed by atoms with E-state index in [2.05, 4.69) is 19.7 Å². The van der Waals surface area contributed by atoms with Gasteiger partial charge in [0, 0.05) is 24.9 Å². The lowest BCUT2D eigenvalue weighted by molar-refractivity contribution is -0.114. The Morgan fingerprint density at radius 1 is 1.28 bits per heavy atom. The highest BCUT2D eigenvalue weighted by atomic mass is 32.2. The van der Waals surface area contributed by atoms with Gasteiger partial charge < -0.3 is 14.4 Å². The van der Waals surface area contributed by atoms with E-state index in [0.717, 1.165) is 34.6 Å². The van der Waals surface area contributed by atoms with E-state index in [1.165, 1.54) is 17.9 Å². The number of anilines is 1. The number of rotatable bonds is 3. The average molecular weight is 411 g/mol. The van der Waals surface area contributed by atoms with Crippen molar-refractivity contribution in [3.8, 4) is 22.8 Å². The van der Waals surface area contributed by atoms with Crippen molar-refractivity contribution in [3.05, 3.63) is 36.5 Å². The standard InChI is InChI=1S/C19H17N5O4S/c1-23-5-6-28-15-8-12(10-20-18(15)23)11-3-4-14-13(7-11)19(27-2)21-24(14)17-9-16(25)22-29(17)26/h3-4,7-10H,5-6H2,1-2H3,(H,22,25). The summed E-state index contributed by atoms with van der Waals surface area (Å²) in [5, 5.41) is 5.38. The molecule has 0 aliphatic carbocycles. The largest absolute Gasteiger partial charge is 0.488 e. The van der Waals surface area contributed by atoms with Crippen LogP contribution in [0.25, 0.3) is 27.1 Å². The Balaban J connectivity index is 1.62. The third kappa shape index (κ3) is 2.83. The van der Waals surface area contributed by atoms with Crippen LogP contribution in [0.1, 0.15) is 0 Å². The van der Waals surface area contributed by atoms with E-state index >= 15 is 0 Å². The van der Waals surface area contributed by atoms with Gasteiger partial charge in [-0.15, -0.1) is 5.10 Å². The lowest BCUT2D eigenvalue weighted by Gasteiger charge is -2.26. The number of amides is 1. The van der Waals surface area contributed by atoms with Gasteiger partial charge in [-0.1, -0.05) is 6.07 Å². The smallest absolute Gasteiger partial charge is 0.258 e. The van der Waals surface area contributed by atoms with Crippen molar-refractivity contribution in [2.45, 2.75) is 0 Å². The molecule has 0 saturated heterocycles. The van der Waals surface area contributed by atoms with Crippen molar-refractivity contribution in [2.75, 3.05) is 32.2 Å². The first-order chi connectivity index (χ1) is 14.0. The summed E-state index contributed by atoms with van der Waals surface area (Å²) < 4.78 is 27.1. The minimum Gasteiger partial charge on any atom is -0.488 e. The SMILES string of the molecule is COc1nn(C2=CC(=O)NS2=O)c2ccc(-c3cnc4c(c3)OCCN4C)cc12. The number of nitrogens with zero attached hydrogens (tertiary/aromatic N) is 4. The molecule has 1 unspecified atom stereocenters. The van der Waals surface area contributed by atoms with Gasteiger partial charge in [0.05, 0.1) is 24.6 Å². The molecule has 9 nitrogen and oxygen atoms in total. The zero-order chi connectivity index (χ0) is 20.1. The van der Waals surface area contributed by atoms with Crippen molar-refractivity contribution in [1.82, 2.24) is 19.5 Å². The maximum absolute atomic E-state index is 12.2. The number of pyridine rings is 1. The number of likely N-dealkylation sites (N-methyl/N-ethyl adjacent to an activating group) is 1. The van der Waals surface area contributed by atoms with Crippen LogP contribution < -0.4 is 19.1 Å². The van der Waals surface area contributed by atoms with Crippen LogP contribution in [0.3, 0.4) is 0 Å². The van der Waals surface area contributed by atoms with Crippen molar-refractivity contribution < 1.29 is 18.5 Å². The molecule has 5 rings (SSSR count). The molecule has 4 heterocycles. The maximum atomic E-state index is 12.2. The summed E-state index contributed by atoms with van der Waals surface area (Å²) in [5.74, 6) is 1.53. The normalized spacial score (nSPS) is 18.3. The van der Waals surface area contributed by atoms with Gasteiger partial charge in [-0.25, -0.2) is 13.9 Å². The fraction of sp³-hybridized carbons (Fsp3) is 0.211. The van der Waals surface area contributed by atoms with Crippen LogP contribution in [-0.2, 0) is 15.8 Å². The second-order valence-electron chi connectivity index (χ2n) is 6.69. The second-order valence-corrected chi connectivity index (χ2v) is 7.85. The summed E-state index contributed by atoms with van der Waals surface area (Å²) >= 11 is 0. The summed E-state index contributed by atoms with van der Waals surface area (Å²) in [4.78, 5) is 18.2. The van der Waals surface area contributed by atoms with Crippen molar-refractivity contribution in [2.24, 2.45) is 0 Å². The Bertz CT molecular complexity index is 1220. The molecule has 2 aliphatic rings. The lowest BCUT2D eigenvalue weighted by Crippen LogP contribution is -2.29. The summed E-state index contributed by atoms with van der Waals surface area (Å²) in [6, 6.07) is 7.67. The lowest BCUT2D eigenvalue weighted by atomic mass is 10.1. The molecule has 2 aliphatic heterocycles. The Kier molecular flexibility index (Phi) is 4.02. The number of aromatic nitrogens is 3. The van der Waals surface area contributed by atoms with E-state index in [4.69, 9.17) is 9.47 Å². The topological polar surface area (TPSA) is 98.6 Å². The highest BCUT2D eigenvalue weighted by Gasteiger charge is 2.25. The molecule has 1 N–H and O–H groups in total. The van der Waals surface area contributed by atoms with E-state index in [1.54, 1.807) is 6.20 Å². The molecular formula is C19H17N5O4S. The van der Waals surface area contributed by atoms with Gasteiger partial charge in [0.1, 0.15) is 6.61 Å². The fourth-order valence-corrected chi connectivity index (χ4v) is 4.31. The van der Waals surface area contributed by atoms with Gasteiger partial charge in [-0.3, -0.25) is 9.52 Å². The van der Waals surface area contributed by atoms with E-state index in [0.29, 0.717) is 18.0 Å². The second kappa shape index (κ2) is 6.59. The number of benzene rings is 1. The van der Waals surface area contributed by atoms with E-state index in [-0.39, 0.29) is 5.03 Å². The Morgan fingerprint density at radius 2 is 2.14 bits per heavy atom. The van der Waals surface area contributed by atoms with Crippen molar-refractivity contribution in [1.29, 1.82) is 0 Å². The van der Waals surface area contributed by atoms with Crippen LogP contribution in [0.15, 0.2) is 36.5 Å². The summed E-state index contributed by atoms with van der Waals surface area (Å²) in [6.07, 6.45) is 3.08. The third-order valence-electron chi connectivity index (χ3n) is 4.90. The monoisotopic (exact) mass is 411 g/mol. The molecule has 1 atom stereocenters. The summed E-state index contributed by atoms with van der Waals surface area (Å²) in [6.45, 7) is 1.42. The molecule has 3 aromatic rings. The molecule has 0 fully saturated rings. The molecule has 1 aromatic carbocycles. The average Bonchev–Trinajstić information content (AvgIpc) is 3.26. The zero-order valence-electron chi connectivity index (χ0n) is 15.7. The summed E-state index contributed by atoms with van der Waals surface area (Å²) in [5.41, 5.74) is 2.50. The molecule has 0 saturated carbocycles. The molecule has 0 bridgehead atoms. The van der Waals surface area contributed by atoms with Crippen molar-refractivity contribution in [3.63, 3.8) is 0 Å². The molecule has 1 amide bonds. The Labute approximate surface area is 168 Å². The zero-order valence-corrected chi connectivity index (χ0v) is 16.5. The number of carbonyl (C=O) groups excluding carboxylic acids is 1. The Hall–Kier alpha value is -3.40. The van der Waals surface area contributed by atoms with Crippen LogP contribution in [0.2, 0.25) is 0 Å². The molecule has 29 heavy (non-hydrogen) atoms. The van der Waals surface area contributed by atoms with Crippen LogP contribution >= 0.6 is 0 Å². The molecule has 0 radical (unpaired) electrons. The molecule has 10 heteroatoms. The number of nitrogens with one attached hydrogen (secondary N) is 1. The number of carbonyl (C=O) groups is 1. The molecule has 2 aromatic heterocycles. The van der Waals surface area contributed by atoms with Gasteiger partial charge in [0.2, 0.25) is 5.88 Å². The predicted octanol–water partition coefficient (Wildman–Crippen LogP) is 1.53. The van der Waals surface area contributed by atoms with Crippen LogP contribution in [0.5, 0.6) is 11.6 Å². The first-order valence-electron chi connectivity index (χ1n) is 8.91. The number of methoxy groups -OCH3 is 1. The molecule has 0 spiro atoms. The van der Waals surface area contributed by atoms with Crippen LogP contribution in [-0.4, -0.2) is 52.2 Å². The van der Waals surface area contributed by atoms with E-state index in [9.17, 15) is 9.00 Å². The highest BCUT2D eigenvalue weighted by molar-refractivity contribution is 7.93. The predicted molar refractivity (Wildman–Crippen MR) is 109 cm³/mol. The number of hydrogen-bond donors (Lipinski definition) is 1. The number of fused-ring (bicyclic) bond motifs is 2. The van der Waals surface area contributed by atoms with Crippen molar-refractivity contribution >= 4 is 38.6 Å². The first-order valence-corrected chi connectivity index (χ1v) is 10.1. The Morgan fingerprint density at radius 3 is 2.90 bits per heavy atom. The third-order valence-corrected chi connectivity index (χ3v) is 5.96. The van der Waals surface area contributed by atoms with Gasteiger partial charge in [-0.05, 0) is 23.8 Å². The quantitative estimate of drug-likeness (QED) is 0.698. The number of hydrogen-bond acceptors (Lipinski definition) is 7. The van der Waals surface area contributed by atoms with Gasteiger partial charge >= 0.3 is 0 Å². The van der Waals surface area contributed by atoms with Gasteiger partial charge in [0.15, 0.2) is 27.6 Å². The fourth-order valence-electron chi connectivity index (χ4n) is 3.45. The maximum Gasteiger partial charge on any atom is 0.258 e. The summed E-state index contributed by atoms with van der Waals surface area (Å²) in [7, 11) is 1.85. The van der Waals surface area contributed by atoms with Crippen LogP contribution in [0.4, 0.5) is 5.82 Å². The highest BCUT2D eigenvalue weighted by Crippen LogP contribution is 2.36. The van der Waals surface area contributed by atoms with Gasteiger partial charge in [0.25, 0.3) is 5.91 Å². The minimum absolute atomic E-state index is 0.267. The van der Waals surface area contributed by atoms with E-state index < -0.39 is 16.9 Å². The molecular weight excluding hydrogens is 394 g/mol. The van der Waals surface area contributed by atoms with Gasteiger partial charge in [-0.2, -0.15) is 0 Å².